The molecule has 2 fully saturated rings. The van der Waals surface area contributed by atoms with Crippen molar-refractivity contribution in [1.29, 1.82) is 0 Å². The molecule has 3 aliphatic heterocycles. The minimum atomic E-state index is -0.397. The second-order valence-electron chi connectivity index (χ2n) is 6.77. The fraction of sp³-hybridized carbons (Fsp3) is 0.588. The first-order chi connectivity index (χ1) is 10.6. The normalized spacial score (nSPS) is 32.5. The van der Waals surface area contributed by atoms with Crippen LogP contribution in [0.25, 0.3) is 0 Å². The Bertz CT molecular complexity index is 594. The van der Waals surface area contributed by atoms with Gasteiger partial charge in [0.1, 0.15) is 5.75 Å². The highest BCUT2D eigenvalue weighted by atomic mass is 35.5. The molecule has 22 heavy (non-hydrogen) atoms. The van der Waals surface area contributed by atoms with Crippen LogP contribution in [0.3, 0.4) is 0 Å². The van der Waals surface area contributed by atoms with Crippen molar-refractivity contribution in [3.8, 4) is 5.75 Å². The van der Waals surface area contributed by atoms with Gasteiger partial charge in [-0.1, -0.05) is 11.6 Å². The number of hydrogen-bond acceptors (Lipinski definition) is 3. The lowest BCUT2D eigenvalue weighted by Crippen LogP contribution is -2.51. The molecule has 3 atom stereocenters. The van der Waals surface area contributed by atoms with Gasteiger partial charge in [0.2, 0.25) is 0 Å². The Morgan fingerprint density at radius 2 is 2.05 bits per heavy atom. The number of hydrogen-bond donors (Lipinski definition) is 1. The van der Waals surface area contributed by atoms with E-state index in [1.807, 2.05) is 24.1 Å². The highest BCUT2D eigenvalue weighted by Crippen LogP contribution is 2.33. The van der Waals surface area contributed by atoms with E-state index in [-0.39, 0.29) is 5.91 Å². The van der Waals surface area contributed by atoms with Crippen molar-refractivity contribution in [1.82, 2.24) is 10.2 Å². The Balaban J connectivity index is 1.44. The molecule has 0 spiro atoms. The number of ether oxygens (including phenoxy) is 1. The molecule has 118 valence electrons. The number of halogens is 1. The SMILES string of the molecule is CN(C(=O)C1Cc2cc(Cl)ccc2O1)C1CC2CCC(C1)N2. The van der Waals surface area contributed by atoms with Crippen LogP contribution in [-0.4, -0.2) is 42.1 Å². The van der Waals surface area contributed by atoms with Gasteiger partial charge in [0, 0.05) is 36.6 Å². The summed E-state index contributed by atoms with van der Waals surface area (Å²) in [6, 6.07) is 7.06. The number of carbonyl (C=O) groups is 1. The number of piperidine rings is 1. The van der Waals surface area contributed by atoms with Crippen molar-refractivity contribution < 1.29 is 9.53 Å². The number of carbonyl (C=O) groups excluding carboxylic acids is 1. The first-order valence-electron chi connectivity index (χ1n) is 8.08. The zero-order valence-corrected chi connectivity index (χ0v) is 13.5. The zero-order valence-electron chi connectivity index (χ0n) is 12.7. The van der Waals surface area contributed by atoms with Gasteiger partial charge in [-0.05, 0) is 49.4 Å². The number of fused-ring (bicyclic) bond motifs is 3. The van der Waals surface area contributed by atoms with Gasteiger partial charge >= 0.3 is 0 Å². The zero-order chi connectivity index (χ0) is 15.3. The molecule has 1 amide bonds. The Morgan fingerprint density at radius 3 is 2.77 bits per heavy atom. The summed E-state index contributed by atoms with van der Waals surface area (Å²) in [4.78, 5) is 14.7. The lowest BCUT2D eigenvalue weighted by atomic mass is 9.98. The molecule has 1 aromatic carbocycles. The van der Waals surface area contributed by atoms with Gasteiger partial charge in [0.05, 0.1) is 0 Å². The maximum absolute atomic E-state index is 12.8. The van der Waals surface area contributed by atoms with Crippen LogP contribution in [0, 0.1) is 0 Å². The Kier molecular flexibility index (Phi) is 3.54. The van der Waals surface area contributed by atoms with Gasteiger partial charge in [0.25, 0.3) is 5.91 Å². The van der Waals surface area contributed by atoms with E-state index in [0.717, 1.165) is 24.2 Å². The minimum Gasteiger partial charge on any atom is -0.480 e. The molecule has 2 bridgehead atoms. The molecule has 0 aromatic heterocycles. The molecular formula is C17H21ClN2O2. The lowest BCUT2D eigenvalue weighted by Gasteiger charge is -2.36. The quantitative estimate of drug-likeness (QED) is 0.909. The summed E-state index contributed by atoms with van der Waals surface area (Å²) < 4.78 is 5.84. The largest absolute Gasteiger partial charge is 0.480 e. The van der Waals surface area contributed by atoms with E-state index in [4.69, 9.17) is 16.3 Å². The third-order valence-electron chi connectivity index (χ3n) is 5.32. The maximum atomic E-state index is 12.8. The molecule has 4 rings (SSSR count). The van der Waals surface area contributed by atoms with Crippen molar-refractivity contribution in [3.63, 3.8) is 0 Å². The molecule has 3 heterocycles. The standard InChI is InChI=1S/C17H21ClN2O2/c1-20(14-8-12-3-4-13(9-14)19-12)17(21)16-7-10-6-11(18)2-5-15(10)22-16/h2,5-6,12-14,16,19H,3-4,7-9H2,1H3. The molecule has 0 radical (unpaired) electrons. The number of nitrogens with zero attached hydrogens (tertiary/aromatic N) is 1. The number of amides is 1. The maximum Gasteiger partial charge on any atom is 0.263 e. The Hall–Kier alpha value is -1.26. The fourth-order valence-electron chi connectivity index (χ4n) is 4.11. The third kappa shape index (κ3) is 2.48. The summed E-state index contributed by atoms with van der Waals surface area (Å²) in [5, 5.41) is 4.31. The van der Waals surface area contributed by atoms with Crippen LogP contribution in [0.2, 0.25) is 5.02 Å². The van der Waals surface area contributed by atoms with E-state index in [9.17, 15) is 4.79 Å². The number of nitrogens with one attached hydrogen (secondary N) is 1. The molecule has 5 heteroatoms. The molecule has 3 unspecified atom stereocenters. The van der Waals surface area contributed by atoms with Crippen LogP contribution in [0.5, 0.6) is 5.75 Å². The molecule has 4 nitrogen and oxygen atoms in total. The van der Waals surface area contributed by atoms with Crippen molar-refractivity contribution in [2.45, 2.75) is 56.3 Å². The van der Waals surface area contributed by atoms with Crippen LogP contribution in [0.15, 0.2) is 18.2 Å². The van der Waals surface area contributed by atoms with Crippen molar-refractivity contribution in [2.75, 3.05) is 7.05 Å². The molecule has 0 saturated carbocycles. The molecule has 1 aromatic rings. The second-order valence-corrected chi connectivity index (χ2v) is 7.21. The highest BCUT2D eigenvalue weighted by Gasteiger charge is 2.39. The van der Waals surface area contributed by atoms with Gasteiger partial charge in [-0.25, -0.2) is 0 Å². The van der Waals surface area contributed by atoms with E-state index in [1.165, 1.54) is 12.8 Å². The van der Waals surface area contributed by atoms with Crippen LogP contribution in [0.1, 0.15) is 31.2 Å². The van der Waals surface area contributed by atoms with Crippen LogP contribution in [0.4, 0.5) is 0 Å². The third-order valence-corrected chi connectivity index (χ3v) is 5.55. The Labute approximate surface area is 135 Å². The monoisotopic (exact) mass is 320 g/mol. The van der Waals surface area contributed by atoms with E-state index < -0.39 is 6.10 Å². The first-order valence-corrected chi connectivity index (χ1v) is 8.46. The van der Waals surface area contributed by atoms with E-state index >= 15 is 0 Å². The predicted molar refractivity (Wildman–Crippen MR) is 85.3 cm³/mol. The molecule has 0 aliphatic carbocycles. The second kappa shape index (κ2) is 5.43. The van der Waals surface area contributed by atoms with Gasteiger partial charge in [-0.2, -0.15) is 0 Å². The minimum absolute atomic E-state index is 0.0959. The van der Waals surface area contributed by atoms with Gasteiger partial charge < -0.3 is 15.0 Å². The number of likely N-dealkylation sites (N-methyl/N-ethyl adjacent to an activating group) is 1. The van der Waals surface area contributed by atoms with Gasteiger partial charge in [0.15, 0.2) is 6.10 Å². The van der Waals surface area contributed by atoms with Crippen molar-refractivity contribution in [2.24, 2.45) is 0 Å². The summed E-state index contributed by atoms with van der Waals surface area (Å²) in [6.45, 7) is 0. The number of rotatable bonds is 2. The van der Waals surface area contributed by atoms with Crippen molar-refractivity contribution >= 4 is 17.5 Å². The average molecular weight is 321 g/mol. The van der Waals surface area contributed by atoms with Crippen LogP contribution >= 0.6 is 11.6 Å². The highest BCUT2D eigenvalue weighted by molar-refractivity contribution is 6.30. The van der Waals surface area contributed by atoms with E-state index in [1.54, 1.807) is 6.07 Å². The molecule has 2 saturated heterocycles. The van der Waals surface area contributed by atoms with Crippen LogP contribution < -0.4 is 10.1 Å². The smallest absolute Gasteiger partial charge is 0.263 e. The fourth-order valence-corrected chi connectivity index (χ4v) is 4.30. The van der Waals surface area contributed by atoms with Gasteiger partial charge in [-0.15, -0.1) is 0 Å². The van der Waals surface area contributed by atoms with Crippen molar-refractivity contribution in [3.05, 3.63) is 28.8 Å². The molecular weight excluding hydrogens is 300 g/mol. The first kappa shape index (κ1) is 14.3. The predicted octanol–water partition coefficient (Wildman–Crippen LogP) is 2.38. The van der Waals surface area contributed by atoms with E-state index in [2.05, 4.69) is 5.32 Å². The summed E-state index contributed by atoms with van der Waals surface area (Å²) >= 11 is 6.02. The summed E-state index contributed by atoms with van der Waals surface area (Å²) in [7, 11) is 1.93. The topological polar surface area (TPSA) is 41.6 Å². The summed E-state index contributed by atoms with van der Waals surface area (Å²) in [5.74, 6) is 0.889. The van der Waals surface area contributed by atoms with Crippen LogP contribution in [-0.2, 0) is 11.2 Å². The Morgan fingerprint density at radius 1 is 1.32 bits per heavy atom. The summed E-state index contributed by atoms with van der Waals surface area (Å²) in [6.07, 6.45) is 4.83. The van der Waals surface area contributed by atoms with Gasteiger partial charge in [-0.3, -0.25) is 4.79 Å². The molecule has 3 aliphatic rings. The summed E-state index contributed by atoms with van der Waals surface area (Å²) in [5.41, 5.74) is 1.03. The molecule has 1 N–H and O–H groups in total. The average Bonchev–Trinajstić information content (AvgIpc) is 3.08. The van der Waals surface area contributed by atoms with E-state index in [0.29, 0.717) is 29.6 Å². The number of benzene rings is 1. The lowest BCUT2D eigenvalue weighted by molar-refractivity contribution is -0.139.